The van der Waals surface area contributed by atoms with Crippen molar-refractivity contribution >= 4 is 18.4 Å². The summed E-state index contributed by atoms with van der Waals surface area (Å²) in [6, 6.07) is -0.630. The van der Waals surface area contributed by atoms with Crippen LogP contribution in [0.1, 0.15) is 20.8 Å². The van der Waals surface area contributed by atoms with E-state index in [1.807, 2.05) is 20.8 Å². The van der Waals surface area contributed by atoms with E-state index in [9.17, 15) is 4.79 Å². The fraction of sp³-hybridized carbons (Fsp3) is 0.875. The van der Waals surface area contributed by atoms with Crippen molar-refractivity contribution < 1.29 is 14.6 Å². The van der Waals surface area contributed by atoms with Gasteiger partial charge in [-0.15, -0.1) is 12.4 Å². The van der Waals surface area contributed by atoms with Crippen molar-refractivity contribution in [3.8, 4) is 0 Å². The average molecular weight is 212 g/mol. The SMILES string of the molecule is COC(=O)C(CO)NC(C)(C)C.Cl. The van der Waals surface area contributed by atoms with Crippen LogP contribution < -0.4 is 5.32 Å². The predicted molar refractivity (Wildman–Crippen MR) is 53.0 cm³/mol. The van der Waals surface area contributed by atoms with Gasteiger partial charge in [0.25, 0.3) is 0 Å². The molecule has 0 aliphatic rings. The molecule has 0 saturated carbocycles. The second-order valence-electron chi connectivity index (χ2n) is 3.65. The van der Waals surface area contributed by atoms with E-state index in [1.165, 1.54) is 7.11 Å². The van der Waals surface area contributed by atoms with Gasteiger partial charge in [-0.25, -0.2) is 0 Å². The highest BCUT2D eigenvalue weighted by molar-refractivity contribution is 5.85. The monoisotopic (exact) mass is 211 g/mol. The van der Waals surface area contributed by atoms with Gasteiger partial charge in [-0.3, -0.25) is 10.1 Å². The molecule has 0 aromatic carbocycles. The number of aliphatic hydroxyl groups excluding tert-OH is 1. The standard InChI is InChI=1S/C8H17NO3.ClH/c1-8(2,3)9-6(5-10)7(11)12-4;/h6,9-10H,5H2,1-4H3;1H. The Bertz CT molecular complexity index is 156. The summed E-state index contributed by atoms with van der Waals surface area (Å²) in [5.74, 6) is -0.438. The molecule has 0 saturated heterocycles. The van der Waals surface area contributed by atoms with Crippen molar-refractivity contribution in [1.29, 1.82) is 0 Å². The Morgan fingerprint density at radius 1 is 1.54 bits per heavy atom. The first-order valence-electron chi connectivity index (χ1n) is 3.87. The van der Waals surface area contributed by atoms with Crippen LogP contribution in [0.5, 0.6) is 0 Å². The largest absolute Gasteiger partial charge is 0.468 e. The molecule has 0 rings (SSSR count). The van der Waals surface area contributed by atoms with Crippen molar-refractivity contribution in [3.63, 3.8) is 0 Å². The first-order valence-corrected chi connectivity index (χ1v) is 3.87. The van der Waals surface area contributed by atoms with E-state index in [-0.39, 0.29) is 24.6 Å². The van der Waals surface area contributed by atoms with Crippen LogP contribution in [0, 0.1) is 0 Å². The highest BCUT2D eigenvalue weighted by Crippen LogP contribution is 2.01. The third-order valence-corrected chi connectivity index (χ3v) is 1.28. The molecule has 5 heteroatoms. The van der Waals surface area contributed by atoms with Crippen LogP contribution in [0.2, 0.25) is 0 Å². The van der Waals surface area contributed by atoms with Gasteiger partial charge >= 0.3 is 5.97 Å². The number of hydrogen-bond acceptors (Lipinski definition) is 4. The molecular formula is C8H18ClNO3. The second-order valence-corrected chi connectivity index (χ2v) is 3.65. The Hall–Kier alpha value is -0.320. The minimum Gasteiger partial charge on any atom is -0.468 e. The molecule has 2 N–H and O–H groups in total. The maximum atomic E-state index is 11.0. The third-order valence-electron chi connectivity index (χ3n) is 1.28. The number of carbonyl (C=O) groups excluding carboxylic acids is 1. The smallest absolute Gasteiger partial charge is 0.325 e. The number of aliphatic hydroxyl groups is 1. The average Bonchev–Trinajstić information content (AvgIpc) is 1.97. The molecular weight excluding hydrogens is 194 g/mol. The second kappa shape index (κ2) is 6.18. The van der Waals surface area contributed by atoms with E-state index in [0.29, 0.717) is 0 Å². The number of esters is 1. The number of methoxy groups -OCH3 is 1. The number of nitrogens with one attached hydrogen (secondary N) is 1. The van der Waals surface area contributed by atoms with Gasteiger partial charge in [-0.2, -0.15) is 0 Å². The zero-order valence-electron chi connectivity index (χ0n) is 8.46. The maximum Gasteiger partial charge on any atom is 0.325 e. The molecule has 4 nitrogen and oxygen atoms in total. The molecule has 1 atom stereocenters. The third kappa shape index (κ3) is 6.81. The van der Waals surface area contributed by atoms with Crippen molar-refractivity contribution in [3.05, 3.63) is 0 Å². The van der Waals surface area contributed by atoms with E-state index >= 15 is 0 Å². The first kappa shape index (κ1) is 15.2. The normalized spacial score (nSPS) is 13.0. The van der Waals surface area contributed by atoms with Gasteiger partial charge in [0.2, 0.25) is 0 Å². The van der Waals surface area contributed by atoms with Crippen LogP contribution in [0.15, 0.2) is 0 Å². The van der Waals surface area contributed by atoms with E-state index in [4.69, 9.17) is 5.11 Å². The van der Waals surface area contributed by atoms with E-state index < -0.39 is 12.0 Å². The van der Waals surface area contributed by atoms with E-state index in [0.717, 1.165) is 0 Å². The Balaban J connectivity index is 0. The van der Waals surface area contributed by atoms with Gasteiger partial charge in [-0.1, -0.05) is 0 Å². The van der Waals surface area contributed by atoms with Crippen LogP contribution in [0.25, 0.3) is 0 Å². The Kier molecular flexibility index (Phi) is 7.21. The van der Waals surface area contributed by atoms with Crippen molar-refractivity contribution in [1.82, 2.24) is 5.32 Å². The summed E-state index contributed by atoms with van der Waals surface area (Å²) in [4.78, 5) is 11.0. The van der Waals surface area contributed by atoms with Crippen LogP contribution in [0.4, 0.5) is 0 Å². The summed E-state index contributed by atoms with van der Waals surface area (Å²) in [5.41, 5.74) is -0.207. The zero-order chi connectivity index (χ0) is 9.78. The lowest BCUT2D eigenvalue weighted by atomic mass is 10.1. The van der Waals surface area contributed by atoms with Crippen LogP contribution in [-0.4, -0.2) is 36.4 Å². The summed E-state index contributed by atoms with van der Waals surface area (Å²) in [6.07, 6.45) is 0. The molecule has 80 valence electrons. The van der Waals surface area contributed by atoms with Crippen molar-refractivity contribution in [2.24, 2.45) is 0 Å². The lowest BCUT2D eigenvalue weighted by molar-refractivity contribution is -0.144. The predicted octanol–water partition coefficient (Wildman–Crippen LogP) is 0.330. The summed E-state index contributed by atoms with van der Waals surface area (Å²) in [5, 5.41) is 11.8. The molecule has 0 aliphatic heterocycles. The molecule has 0 heterocycles. The molecule has 1 unspecified atom stereocenters. The van der Waals surface area contributed by atoms with Crippen LogP contribution >= 0.6 is 12.4 Å². The highest BCUT2D eigenvalue weighted by Gasteiger charge is 2.23. The highest BCUT2D eigenvalue weighted by atomic mass is 35.5. The number of carbonyl (C=O) groups is 1. The molecule has 0 amide bonds. The lowest BCUT2D eigenvalue weighted by Gasteiger charge is -2.25. The Labute approximate surface area is 85.1 Å². The fourth-order valence-corrected chi connectivity index (χ4v) is 0.844. The number of hydrogen-bond donors (Lipinski definition) is 2. The van der Waals surface area contributed by atoms with Gasteiger partial charge in [0.15, 0.2) is 0 Å². The van der Waals surface area contributed by atoms with Gasteiger partial charge in [0.05, 0.1) is 13.7 Å². The summed E-state index contributed by atoms with van der Waals surface area (Å²) in [7, 11) is 1.30. The molecule has 0 aromatic heterocycles. The van der Waals surface area contributed by atoms with Crippen molar-refractivity contribution in [2.75, 3.05) is 13.7 Å². The zero-order valence-corrected chi connectivity index (χ0v) is 9.27. The maximum absolute atomic E-state index is 11.0. The number of halogens is 1. The van der Waals surface area contributed by atoms with Crippen LogP contribution in [-0.2, 0) is 9.53 Å². The Morgan fingerprint density at radius 3 is 2.23 bits per heavy atom. The quantitative estimate of drug-likeness (QED) is 0.661. The summed E-state index contributed by atoms with van der Waals surface area (Å²) < 4.78 is 4.49. The van der Waals surface area contributed by atoms with Gasteiger partial charge in [0.1, 0.15) is 6.04 Å². The molecule has 0 radical (unpaired) electrons. The molecule has 13 heavy (non-hydrogen) atoms. The first-order chi connectivity index (χ1) is 5.40. The minimum absolute atomic E-state index is 0. The molecule has 0 bridgehead atoms. The summed E-state index contributed by atoms with van der Waals surface area (Å²) >= 11 is 0. The van der Waals surface area contributed by atoms with Gasteiger partial charge in [-0.05, 0) is 20.8 Å². The van der Waals surface area contributed by atoms with E-state index in [2.05, 4.69) is 10.1 Å². The minimum atomic E-state index is -0.630. The molecule has 0 aliphatic carbocycles. The topological polar surface area (TPSA) is 58.6 Å². The lowest BCUT2D eigenvalue weighted by Crippen LogP contribution is -2.50. The number of ether oxygens (including phenoxy) is 1. The van der Waals surface area contributed by atoms with Gasteiger partial charge < -0.3 is 9.84 Å². The Morgan fingerprint density at radius 2 is 2.00 bits per heavy atom. The fourth-order valence-electron chi connectivity index (χ4n) is 0.844. The van der Waals surface area contributed by atoms with Gasteiger partial charge in [0, 0.05) is 5.54 Å². The van der Waals surface area contributed by atoms with Crippen LogP contribution in [0.3, 0.4) is 0 Å². The van der Waals surface area contributed by atoms with Crippen molar-refractivity contribution in [2.45, 2.75) is 32.4 Å². The number of rotatable bonds is 3. The van der Waals surface area contributed by atoms with E-state index in [1.54, 1.807) is 0 Å². The summed E-state index contributed by atoms with van der Waals surface area (Å²) in [6.45, 7) is 5.50. The molecule has 0 aromatic rings. The molecule has 0 fully saturated rings. The molecule has 0 spiro atoms.